The molecule has 0 amide bonds. The van der Waals surface area contributed by atoms with Gasteiger partial charge >= 0.3 is 0 Å². The van der Waals surface area contributed by atoms with Crippen LogP contribution in [0.4, 0.5) is 5.95 Å². The second-order valence-corrected chi connectivity index (χ2v) is 12.0. The smallest absolute Gasteiger partial charge is 0.228 e. The van der Waals surface area contributed by atoms with Crippen molar-refractivity contribution in [3.63, 3.8) is 0 Å². The van der Waals surface area contributed by atoms with Crippen molar-refractivity contribution in [2.24, 2.45) is 5.92 Å². The zero-order valence-electron chi connectivity index (χ0n) is 23.2. The Hall–Kier alpha value is -3.63. The third-order valence-corrected chi connectivity index (χ3v) is 9.02. The number of Topliss-reactive ketones (excluding diaryl/α,β-unsaturated/α-hetero) is 1. The Balaban J connectivity index is 1.24. The van der Waals surface area contributed by atoms with Crippen LogP contribution in [0.1, 0.15) is 26.2 Å². The van der Waals surface area contributed by atoms with Crippen LogP contribution in [0.25, 0.3) is 21.5 Å². The Morgan fingerprint density at radius 2 is 2.24 bits per heavy atom. The average Bonchev–Trinajstić information content (AvgIpc) is 3.33. The number of thiophene rings is 1. The lowest BCUT2D eigenvalue weighted by Gasteiger charge is -2.49. The number of fused-ring (bicyclic) bond motifs is 2. The van der Waals surface area contributed by atoms with Crippen molar-refractivity contribution in [3.8, 4) is 17.3 Å². The maximum absolute atomic E-state index is 11.9. The Labute approximate surface area is 242 Å². The van der Waals surface area contributed by atoms with Crippen LogP contribution in [0.5, 0.6) is 0 Å². The lowest BCUT2D eigenvalue weighted by Crippen LogP contribution is -2.64. The molecule has 3 aromatic heterocycles. The fourth-order valence-electron chi connectivity index (χ4n) is 5.76. The number of likely N-dealkylation sites (tertiary alicyclic amines) is 1. The molecular weight excluding hydrogens is 540 g/mol. The number of hydrogen-bond acceptors (Lipinski definition) is 11. The quantitative estimate of drug-likeness (QED) is 0.333. The number of β-amino-alcohol motifs (C(OH)–C–C–N with tert-alkyl or cyclic N) is 1. The van der Waals surface area contributed by atoms with Crippen LogP contribution in [-0.2, 0) is 15.1 Å². The van der Waals surface area contributed by atoms with Crippen molar-refractivity contribution >= 4 is 33.3 Å². The SMILES string of the molecule is CCC(=O)C(O)CN1CC(CC#N)(n2cc(-c3nc(NC4=CN(CCOC)C5CC5C=C4)nc4ccsc34)cn2)C1. The van der Waals surface area contributed by atoms with Gasteiger partial charge in [-0.05, 0) is 29.9 Å². The molecule has 0 spiro atoms. The highest BCUT2D eigenvalue weighted by atomic mass is 32.1. The average molecular weight is 575 g/mol. The zero-order valence-corrected chi connectivity index (χ0v) is 24.0. The van der Waals surface area contributed by atoms with Crippen LogP contribution in [0.2, 0.25) is 0 Å². The van der Waals surface area contributed by atoms with Crippen LogP contribution in [0.3, 0.4) is 0 Å². The number of anilines is 1. The molecule has 5 heterocycles. The highest BCUT2D eigenvalue weighted by Gasteiger charge is 2.46. The van der Waals surface area contributed by atoms with Gasteiger partial charge in [-0.2, -0.15) is 10.4 Å². The molecule has 41 heavy (non-hydrogen) atoms. The first-order chi connectivity index (χ1) is 19.9. The lowest BCUT2D eigenvalue weighted by molar-refractivity contribution is -0.129. The van der Waals surface area contributed by atoms with Crippen molar-refractivity contribution in [1.82, 2.24) is 29.5 Å². The molecule has 3 aromatic rings. The number of carbonyl (C=O) groups is 1. The van der Waals surface area contributed by atoms with Gasteiger partial charge in [0.2, 0.25) is 5.95 Å². The van der Waals surface area contributed by atoms with Crippen molar-refractivity contribution in [1.29, 1.82) is 5.26 Å². The Morgan fingerprint density at radius 1 is 1.39 bits per heavy atom. The number of ketones is 1. The number of ether oxygens (including phenoxy) is 1. The number of nitrogens with one attached hydrogen (secondary N) is 1. The number of aliphatic hydroxyl groups excluding tert-OH is 1. The minimum absolute atomic E-state index is 0.174. The molecule has 1 saturated heterocycles. The third-order valence-electron chi connectivity index (χ3n) is 8.11. The summed E-state index contributed by atoms with van der Waals surface area (Å²) in [5.41, 5.74) is 2.88. The van der Waals surface area contributed by atoms with Crippen LogP contribution >= 0.6 is 11.3 Å². The summed E-state index contributed by atoms with van der Waals surface area (Å²) in [5.74, 6) is 0.891. The number of rotatable bonds is 12. The summed E-state index contributed by atoms with van der Waals surface area (Å²) in [6.07, 6.45) is 10.9. The second-order valence-electron chi connectivity index (χ2n) is 11.0. The van der Waals surface area contributed by atoms with E-state index < -0.39 is 11.6 Å². The second kappa shape index (κ2) is 11.3. The first-order valence-electron chi connectivity index (χ1n) is 14.0. The van der Waals surface area contributed by atoms with Crippen molar-refractivity contribution in [2.75, 3.05) is 45.2 Å². The van der Waals surface area contributed by atoms with E-state index in [-0.39, 0.29) is 18.7 Å². The molecule has 3 unspecified atom stereocenters. The van der Waals surface area contributed by atoms with Gasteiger partial charge in [0.05, 0.1) is 46.9 Å². The Morgan fingerprint density at radius 3 is 3.02 bits per heavy atom. The molecule has 12 heteroatoms. The molecule has 0 bridgehead atoms. The number of methoxy groups -OCH3 is 1. The number of carbonyl (C=O) groups excluding carboxylic acids is 1. The van der Waals surface area contributed by atoms with Crippen LogP contribution in [-0.4, -0.2) is 92.5 Å². The molecule has 11 nitrogen and oxygen atoms in total. The molecule has 214 valence electrons. The van der Waals surface area contributed by atoms with Gasteiger partial charge in [-0.3, -0.25) is 14.4 Å². The number of nitriles is 1. The number of allylic oxidation sites excluding steroid dienone is 1. The summed E-state index contributed by atoms with van der Waals surface area (Å²) in [7, 11) is 1.72. The van der Waals surface area contributed by atoms with Gasteiger partial charge in [0.1, 0.15) is 11.6 Å². The highest BCUT2D eigenvalue weighted by molar-refractivity contribution is 7.17. The van der Waals surface area contributed by atoms with Gasteiger partial charge in [0.15, 0.2) is 5.78 Å². The van der Waals surface area contributed by atoms with E-state index in [0.29, 0.717) is 44.0 Å². The molecular formula is C29H34N8O3S. The molecule has 6 rings (SSSR count). The maximum atomic E-state index is 11.9. The summed E-state index contributed by atoms with van der Waals surface area (Å²) >= 11 is 1.58. The van der Waals surface area contributed by atoms with E-state index in [1.807, 2.05) is 27.2 Å². The Kier molecular flexibility index (Phi) is 7.61. The summed E-state index contributed by atoms with van der Waals surface area (Å²) < 4.78 is 8.13. The van der Waals surface area contributed by atoms with E-state index in [2.05, 4.69) is 39.7 Å². The predicted octanol–water partition coefficient (Wildman–Crippen LogP) is 2.98. The van der Waals surface area contributed by atoms with Gasteiger partial charge in [-0.15, -0.1) is 11.3 Å². The number of aromatic nitrogens is 4. The van der Waals surface area contributed by atoms with E-state index in [1.165, 1.54) is 0 Å². The molecule has 2 N–H and O–H groups in total. The zero-order chi connectivity index (χ0) is 28.6. The van der Waals surface area contributed by atoms with Crippen molar-refractivity contribution < 1.29 is 14.6 Å². The summed E-state index contributed by atoms with van der Waals surface area (Å²) in [5, 5.41) is 29.9. The van der Waals surface area contributed by atoms with Gasteiger partial charge < -0.3 is 20.1 Å². The molecule has 3 aliphatic rings. The largest absolute Gasteiger partial charge is 0.384 e. The van der Waals surface area contributed by atoms with E-state index in [9.17, 15) is 15.2 Å². The topological polar surface area (TPSA) is 132 Å². The first kappa shape index (κ1) is 27.5. The molecule has 1 aliphatic carbocycles. The summed E-state index contributed by atoms with van der Waals surface area (Å²) in [6.45, 7) is 4.57. The molecule has 3 atom stereocenters. The van der Waals surface area contributed by atoms with Gasteiger partial charge in [-0.1, -0.05) is 13.0 Å². The summed E-state index contributed by atoms with van der Waals surface area (Å²) in [6, 6.07) is 4.80. The predicted molar refractivity (Wildman–Crippen MR) is 156 cm³/mol. The van der Waals surface area contributed by atoms with E-state index in [1.54, 1.807) is 31.6 Å². The molecule has 0 radical (unpaired) electrons. The van der Waals surface area contributed by atoms with Crippen LogP contribution in [0.15, 0.2) is 47.9 Å². The van der Waals surface area contributed by atoms with Gasteiger partial charge in [0, 0.05) is 63.7 Å². The van der Waals surface area contributed by atoms with Crippen molar-refractivity contribution in [2.45, 2.75) is 43.9 Å². The highest BCUT2D eigenvalue weighted by Crippen LogP contribution is 2.40. The van der Waals surface area contributed by atoms with E-state index in [0.717, 1.165) is 40.1 Å². The monoisotopic (exact) mass is 574 g/mol. The lowest BCUT2D eigenvalue weighted by atomic mass is 9.86. The number of aliphatic hydroxyl groups is 1. The van der Waals surface area contributed by atoms with Crippen molar-refractivity contribution in [3.05, 3.63) is 47.9 Å². The fraction of sp³-hybridized carbons (Fsp3) is 0.483. The third kappa shape index (κ3) is 5.50. The van der Waals surface area contributed by atoms with Crippen LogP contribution in [0, 0.1) is 17.2 Å². The van der Waals surface area contributed by atoms with Gasteiger partial charge in [0.25, 0.3) is 0 Å². The number of hydrogen-bond donors (Lipinski definition) is 2. The molecule has 1 saturated carbocycles. The summed E-state index contributed by atoms with van der Waals surface area (Å²) in [4.78, 5) is 25.9. The maximum Gasteiger partial charge on any atom is 0.228 e. The van der Waals surface area contributed by atoms with Crippen LogP contribution < -0.4 is 5.32 Å². The molecule has 2 aliphatic heterocycles. The first-order valence-corrected chi connectivity index (χ1v) is 14.8. The Bertz CT molecular complexity index is 1530. The normalized spacial score (nSPS) is 21.9. The standard InChI is InChI=1S/C29H34N8O3S/c1-3-24(38)25(39)16-35-17-29(18-35,7-8-30)37-14-20(13-31-37)26-27-22(6-11-41-27)33-28(34-26)32-21-5-4-19-12-23(19)36(15-21)9-10-40-2/h4-6,11,13-15,19,23,25,39H,3,7,9-10,12,16-18H2,1-2H3,(H,32,33,34). The minimum atomic E-state index is -1.01. The number of nitrogens with zero attached hydrogens (tertiary/aromatic N) is 7. The van der Waals surface area contributed by atoms with Gasteiger partial charge in [-0.25, -0.2) is 9.97 Å². The van der Waals surface area contributed by atoms with E-state index in [4.69, 9.17) is 14.7 Å². The fourth-order valence-corrected chi connectivity index (χ4v) is 6.61. The molecule has 0 aromatic carbocycles. The molecule has 2 fully saturated rings. The minimum Gasteiger partial charge on any atom is -0.384 e. The van der Waals surface area contributed by atoms with E-state index >= 15 is 0 Å².